The summed E-state index contributed by atoms with van der Waals surface area (Å²) >= 11 is 7.80. The van der Waals surface area contributed by atoms with Crippen molar-refractivity contribution in [3.05, 3.63) is 50.7 Å². The molecule has 1 aromatic heterocycles. The molecule has 0 fully saturated rings. The molecular weight excluding hydrogens is 308 g/mol. The maximum Gasteiger partial charge on any atom is 0.491 e. The molecule has 0 unspecified atom stereocenters. The van der Waals surface area contributed by atoms with Crippen molar-refractivity contribution in [2.75, 3.05) is 6.54 Å². The number of amides is 1. The number of benzene rings is 1. The van der Waals surface area contributed by atoms with E-state index in [4.69, 9.17) is 16.3 Å². The van der Waals surface area contributed by atoms with Gasteiger partial charge in [0.25, 0.3) is 5.91 Å². The summed E-state index contributed by atoms with van der Waals surface area (Å²) < 4.78 is 5.11. The molecule has 0 aliphatic carbocycles. The number of hydrogen-bond donors (Lipinski definition) is 2. The molecule has 4 nitrogen and oxygen atoms in total. The lowest BCUT2D eigenvalue weighted by atomic mass is 9.78. The van der Waals surface area contributed by atoms with Gasteiger partial charge in [0, 0.05) is 11.4 Å². The van der Waals surface area contributed by atoms with Crippen molar-refractivity contribution >= 4 is 41.4 Å². The fraction of sp³-hybridized carbons (Fsp3) is 0.214. The number of carbonyl (C=O) groups is 1. The Morgan fingerprint density at radius 2 is 2.38 bits per heavy atom. The average Bonchev–Trinajstić information content (AvgIpc) is 3.08. The number of nitrogens with one attached hydrogen (secondary N) is 1. The topological polar surface area (TPSA) is 58.6 Å². The van der Waals surface area contributed by atoms with E-state index < -0.39 is 7.12 Å². The van der Waals surface area contributed by atoms with E-state index in [0.29, 0.717) is 29.2 Å². The normalized spacial score (nSPS) is 13.3. The minimum absolute atomic E-state index is 0.238. The number of carbonyl (C=O) groups excluding carboxylic acids is 1. The summed E-state index contributed by atoms with van der Waals surface area (Å²) in [6, 6.07) is 7.31. The molecular formula is C14H13BClNO3S. The quantitative estimate of drug-likeness (QED) is 0.841. The largest absolute Gasteiger partial charge is 0.491 e. The number of rotatable bonds is 4. The summed E-state index contributed by atoms with van der Waals surface area (Å²) in [5.74, 6) is -0.238. The minimum atomic E-state index is -0.977. The van der Waals surface area contributed by atoms with Crippen molar-refractivity contribution in [1.29, 1.82) is 0 Å². The van der Waals surface area contributed by atoms with Gasteiger partial charge in [-0.3, -0.25) is 4.79 Å². The van der Waals surface area contributed by atoms with Crippen LogP contribution in [0.3, 0.4) is 0 Å². The van der Waals surface area contributed by atoms with Crippen molar-refractivity contribution in [2.24, 2.45) is 0 Å². The Kier molecular flexibility index (Phi) is 4.31. The molecule has 21 heavy (non-hydrogen) atoms. The zero-order valence-corrected chi connectivity index (χ0v) is 12.7. The second-order valence-corrected chi connectivity index (χ2v) is 6.22. The maximum absolute atomic E-state index is 12.2. The molecule has 1 aliphatic rings. The lowest BCUT2D eigenvalue weighted by Gasteiger charge is -2.08. The van der Waals surface area contributed by atoms with Crippen LogP contribution < -0.4 is 10.8 Å². The second kappa shape index (κ2) is 6.19. The van der Waals surface area contributed by atoms with Crippen LogP contribution in [0.2, 0.25) is 5.02 Å². The third-order valence-corrected chi connectivity index (χ3v) is 4.62. The molecule has 0 saturated carbocycles. The third-order valence-electron chi connectivity index (χ3n) is 3.37. The molecule has 2 aromatic rings. The molecule has 3 rings (SSSR count). The molecule has 0 radical (unpaired) electrons. The Hall–Kier alpha value is -1.34. The van der Waals surface area contributed by atoms with E-state index in [0.717, 1.165) is 12.0 Å². The Balaban J connectivity index is 1.68. The summed E-state index contributed by atoms with van der Waals surface area (Å²) in [6.45, 7) is 0.863. The van der Waals surface area contributed by atoms with Gasteiger partial charge in [-0.05, 0) is 41.0 Å². The highest BCUT2D eigenvalue weighted by molar-refractivity contribution is 7.09. The molecule has 0 spiro atoms. The predicted octanol–water partition coefficient (Wildman–Crippen LogP) is 1.59. The third kappa shape index (κ3) is 3.13. The smallest absolute Gasteiger partial charge is 0.423 e. The first-order chi connectivity index (χ1) is 10.1. The summed E-state index contributed by atoms with van der Waals surface area (Å²) in [4.78, 5) is 13.4. The highest BCUT2D eigenvalue weighted by Crippen LogP contribution is 2.20. The Bertz CT molecular complexity index is 662. The SMILES string of the molecule is O=C(NCCc1cccs1)c1cc2c(cc1Cl)COB2O. The van der Waals surface area contributed by atoms with Crippen LogP contribution in [0.4, 0.5) is 0 Å². The molecule has 1 aliphatic heterocycles. The van der Waals surface area contributed by atoms with Crippen LogP contribution in [0.15, 0.2) is 29.6 Å². The van der Waals surface area contributed by atoms with E-state index in [1.54, 1.807) is 23.5 Å². The molecule has 108 valence electrons. The van der Waals surface area contributed by atoms with E-state index in [2.05, 4.69) is 5.32 Å². The molecule has 2 N–H and O–H groups in total. The van der Waals surface area contributed by atoms with Crippen molar-refractivity contribution in [1.82, 2.24) is 5.32 Å². The van der Waals surface area contributed by atoms with Gasteiger partial charge < -0.3 is 15.0 Å². The summed E-state index contributed by atoms with van der Waals surface area (Å²) in [5.41, 5.74) is 1.80. The lowest BCUT2D eigenvalue weighted by molar-refractivity contribution is 0.0954. The molecule has 0 saturated heterocycles. The number of thiophene rings is 1. The molecule has 7 heteroatoms. The van der Waals surface area contributed by atoms with Gasteiger partial charge in [-0.25, -0.2) is 0 Å². The van der Waals surface area contributed by atoms with Crippen LogP contribution in [0.5, 0.6) is 0 Å². The highest BCUT2D eigenvalue weighted by atomic mass is 35.5. The van der Waals surface area contributed by atoms with Crippen molar-refractivity contribution in [3.63, 3.8) is 0 Å². The number of fused-ring (bicyclic) bond motifs is 1. The number of hydrogen-bond acceptors (Lipinski definition) is 4. The summed E-state index contributed by atoms with van der Waals surface area (Å²) in [7, 11) is -0.977. The van der Waals surface area contributed by atoms with Crippen molar-refractivity contribution in [3.8, 4) is 0 Å². The fourth-order valence-corrected chi connectivity index (χ4v) is 3.25. The molecule has 1 aromatic carbocycles. The van der Waals surface area contributed by atoms with Gasteiger partial charge in [0.1, 0.15) is 0 Å². The van der Waals surface area contributed by atoms with Crippen LogP contribution in [-0.4, -0.2) is 24.6 Å². The Morgan fingerprint density at radius 1 is 1.52 bits per heavy atom. The van der Waals surface area contributed by atoms with Crippen LogP contribution >= 0.6 is 22.9 Å². The van der Waals surface area contributed by atoms with Gasteiger partial charge in [0.05, 0.1) is 17.2 Å². The predicted molar refractivity (Wildman–Crippen MR) is 84.2 cm³/mol. The van der Waals surface area contributed by atoms with Crippen LogP contribution in [0.1, 0.15) is 20.8 Å². The standard InChI is InChI=1S/C14H13BClNO3S/c16-13-6-9-8-20-15(19)12(9)7-11(13)14(18)17-4-3-10-2-1-5-21-10/h1-2,5-7,19H,3-4,8H2,(H,17,18). The van der Waals surface area contributed by atoms with Crippen molar-refractivity contribution in [2.45, 2.75) is 13.0 Å². The number of halogens is 1. The molecule has 1 amide bonds. The summed E-state index contributed by atoms with van der Waals surface area (Å²) in [5, 5.41) is 14.9. The zero-order chi connectivity index (χ0) is 14.8. The van der Waals surface area contributed by atoms with Crippen molar-refractivity contribution < 1.29 is 14.5 Å². The first-order valence-electron chi connectivity index (χ1n) is 6.57. The van der Waals surface area contributed by atoms with Crippen LogP contribution in [0.25, 0.3) is 0 Å². The van der Waals surface area contributed by atoms with E-state index in [1.165, 1.54) is 4.88 Å². The van der Waals surface area contributed by atoms with Gasteiger partial charge in [-0.15, -0.1) is 11.3 Å². The maximum atomic E-state index is 12.2. The van der Waals surface area contributed by atoms with E-state index in [1.807, 2.05) is 17.5 Å². The Labute approximate surface area is 131 Å². The monoisotopic (exact) mass is 321 g/mol. The van der Waals surface area contributed by atoms with Crippen LogP contribution in [0, 0.1) is 0 Å². The molecule has 0 bridgehead atoms. The first kappa shape index (κ1) is 14.6. The highest BCUT2D eigenvalue weighted by Gasteiger charge is 2.29. The Morgan fingerprint density at radius 3 is 3.14 bits per heavy atom. The summed E-state index contributed by atoms with van der Waals surface area (Å²) in [6.07, 6.45) is 0.789. The fourth-order valence-electron chi connectivity index (χ4n) is 2.27. The van der Waals surface area contributed by atoms with Gasteiger partial charge in [0.15, 0.2) is 0 Å². The first-order valence-corrected chi connectivity index (χ1v) is 7.83. The van der Waals surface area contributed by atoms with Crippen LogP contribution in [-0.2, 0) is 17.7 Å². The lowest BCUT2D eigenvalue weighted by Crippen LogP contribution is -2.31. The van der Waals surface area contributed by atoms with E-state index in [9.17, 15) is 9.82 Å². The second-order valence-electron chi connectivity index (χ2n) is 4.78. The molecule has 2 heterocycles. The zero-order valence-electron chi connectivity index (χ0n) is 11.1. The van der Waals surface area contributed by atoms with Gasteiger partial charge in [-0.1, -0.05) is 17.7 Å². The minimum Gasteiger partial charge on any atom is -0.423 e. The van der Waals surface area contributed by atoms with Gasteiger partial charge in [0.2, 0.25) is 0 Å². The van der Waals surface area contributed by atoms with Gasteiger partial charge in [-0.2, -0.15) is 0 Å². The van der Waals surface area contributed by atoms with E-state index in [-0.39, 0.29) is 5.91 Å². The average molecular weight is 322 g/mol. The van der Waals surface area contributed by atoms with E-state index >= 15 is 0 Å². The van der Waals surface area contributed by atoms with Gasteiger partial charge >= 0.3 is 7.12 Å². The molecule has 0 atom stereocenters.